The molecule has 7 nitrogen and oxygen atoms in total. The summed E-state index contributed by atoms with van der Waals surface area (Å²) in [5.74, 6) is 0.478. The van der Waals surface area contributed by atoms with Crippen molar-refractivity contribution in [2.45, 2.75) is 89.9 Å². The van der Waals surface area contributed by atoms with E-state index in [1.165, 1.54) is 0 Å². The number of ether oxygens (including phenoxy) is 1. The van der Waals surface area contributed by atoms with E-state index in [-0.39, 0.29) is 17.9 Å². The number of piperidine rings is 1. The Kier molecular flexibility index (Phi) is 6.96. The Labute approximate surface area is 196 Å². The summed E-state index contributed by atoms with van der Waals surface area (Å²) in [4.78, 5) is 41.4. The smallest absolute Gasteiger partial charge is 0.410 e. The highest BCUT2D eigenvalue weighted by Gasteiger charge is 2.35. The summed E-state index contributed by atoms with van der Waals surface area (Å²) < 4.78 is 5.47. The topological polar surface area (TPSA) is 79.0 Å². The summed E-state index contributed by atoms with van der Waals surface area (Å²) in [5.41, 5.74) is 1.23. The third-order valence-corrected chi connectivity index (χ3v) is 6.52. The molecule has 2 aliphatic carbocycles. The monoisotopic (exact) mass is 455 g/mol. The van der Waals surface area contributed by atoms with Crippen molar-refractivity contribution >= 4 is 17.9 Å². The molecule has 1 saturated heterocycles. The lowest BCUT2D eigenvalue weighted by Gasteiger charge is -2.34. The zero-order valence-corrected chi connectivity index (χ0v) is 20.1. The van der Waals surface area contributed by atoms with Gasteiger partial charge < -0.3 is 19.9 Å². The molecule has 0 unspecified atom stereocenters. The van der Waals surface area contributed by atoms with Crippen molar-refractivity contribution < 1.29 is 19.1 Å². The van der Waals surface area contributed by atoms with Crippen LogP contribution in [0.5, 0.6) is 0 Å². The van der Waals surface area contributed by atoms with Crippen LogP contribution in [0, 0.1) is 5.92 Å². The Hall–Kier alpha value is -2.57. The van der Waals surface area contributed by atoms with Gasteiger partial charge in [-0.05, 0) is 82.9 Å². The molecule has 4 rings (SSSR count). The minimum Gasteiger partial charge on any atom is -0.444 e. The molecule has 0 bridgehead atoms. The van der Waals surface area contributed by atoms with Crippen LogP contribution in [0.25, 0.3) is 0 Å². The zero-order chi connectivity index (χ0) is 23.6. The largest absolute Gasteiger partial charge is 0.444 e. The van der Waals surface area contributed by atoms with Gasteiger partial charge in [-0.2, -0.15) is 0 Å². The van der Waals surface area contributed by atoms with Gasteiger partial charge in [0.05, 0.1) is 0 Å². The van der Waals surface area contributed by atoms with Gasteiger partial charge in [0.1, 0.15) is 5.60 Å². The van der Waals surface area contributed by atoms with Gasteiger partial charge in [0.25, 0.3) is 5.91 Å². The summed E-state index contributed by atoms with van der Waals surface area (Å²) in [6.45, 7) is 7.49. The normalized spacial score (nSPS) is 19.2. The van der Waals surface area contributed by atoms with E-state index >= 15 is 0 Å². The van der Waals surface area contributed by atoms with Crippen LogP contribution in [0.2, 0.25) is 0 Å². The van der Waals surface area contributed by atoms with Gasteiger partial charge in [0, 0.05) is 43.7 Å². The van der Waals surface area contributed by atoms with Crippen molar-refractivity contribution in [3.63, 3.8) is 0 Å². The van der Waals surface area contributed by atoms with E-state index in [9.17, 15) is 14.4 Å². The van der Waals surface area contributed by atoms with E-state index in [0.717, 1.165) is 44.1 Å². The molecule has 3 aliphatic rings. The molecule has 3 fully saturated rings. The van der Waals surface area contributed by atoms with Crippen LogP contribution in [0.15, 0.2) is 24.3 Å². The highest BCUT2D eigenvalue weighted by molar-refractivity contribution is 5.94. The van der Waals surface area contributed by atoms with Crippen molar-refractivity contribution in [3.05, 3.63) is 35.4 Å². The Morgan fingerprint density at radius 2 is 1.64 bits per heavy atom. The van der Waals surface area contributed by atoms with Gasteiger partial charge in [-0.25, -0.2) is 4.79 Å². The Morgan fingerprint density at radius 1 is 1.00 bits per heavy atom. The number of hydrogen-bond acceptors (Lipinski definition) is 4. The predicted octanol–water partition coefficient (Wildman–Crippen LogP) is 4.11. The number of amides is 3. The van der Waals surface area contributed by atoms with Crippen LogP contribution in [-0.4, -0.2) is 58.5 Å². The van der Waals surface area contributed by atoms with Crippen LogP contribution in [0.4, 0.5) is 4.79 Å². The molecular weight excluding hydrogens is 418 g/mol. The van der Waals surface area contributed by atoms with Gasteiger partial charge in [0.2, 0.25) is 5.91 Å². The molecule has 1 aromatic rings. The third-order valence-electron chi connectivity index (χ3n) is 6.52. The quantitative estimate of drug-likeness (QED) is 0.671. The number of likely N-dealkylation sites (tertiary alicyclic amines) is 1. The van der Waals surface area contributed by atoms with Gasteiger partial charge in [-0.3, -0.25) is 9.59 Å². The molecular formula is C26H37N3O4. The van der Waals surface area contributed by atoms with E-state index in [1.54, 1.807) is 4.90 Å². The van der Waals surface area contributed by atoms with E-state index in [0.29, 0.717) is 49.6 Å². The minimum absolute atomic E-state index is 0.0168. The fourth-order valence-corrected chi connectivity index (χ4v) is 4.27. The van der Waals surface area contributed by atoms with Gasteiger partial charge >= 0.3 is 6.09 Å². The predicted molar refractivity (Wildman–Crippen MR) is 126 cm³/mol. The first-order chi connectivity index (χ1) is 15.7. The van der Waals surface area contributed by atoms with Crippen molar-refractivity contribution in [1.82, 2.24) is 15.1 Å². The lowest BCUT2D eigenvalue weighted by Crippen LogP contribution is -2.42. The second kappa shape index (κ2) is 9.74. The van der Waals surface area contributed by atoms with Gasteiger partial charge in [-0.15, -0.1) is 0 Å². The lowest BCUT2D eigenvalue weighted by atomic mass is 9.93. The Balaban J connectivity index is 1.27. The molecule has 1 heterocycles. The fraction of sp³-hybridized carbons (Fsp3) is 0.654. The van der Waals surface area contributed by atoms with Crippen LogP contribution < -0.4 is 5.32 Å². The number of carbonyl (C=O) groups is 3. The molecule has 180 valence electrons. The second-order valence-corrected chi connectivity index (χ2v) is 10.8. The molecule has 1 aliphatic heterocycles. The van der Waals surface area contributed by atoms with E-state index in [1.807, 2.05) is 49.9 Å². The number of carbonyl (C=O) groups excluding carboxylic acids is 3. The highest BCUT2D eigenvalue weighted by Crippen LogP contribution is 2.31. The molecule has 0 spiro atoms. The van der Waals surface area contributed by atoms with Crippen molar-refractivity contribution in [3.8, 4) is 0 Å². The average Bonchev–Trinajstić information content (AvgIpc) is 3.67. The number of nitrogens with one attached hydrogen (secondary N) is 1. The SMILES string of the molecule is CC(C)(C)OC(=O)N1CCC(CC(=O)N(Cc2ccc(C(=O)NC3CC3)cc2)C2CC2)CC1. The number of rotatable bonds is 7. The molecule has 7 heteroatoms. The van der Waals surface area contributed by atoms with Gasteiger partial charge in [0.15, 0.2) is 0 Å². The Morgan fingerprint density at radius 3 is 2.18 bits per heavy atom. The van der Waals surface area contributed by atoms with Crippen molar-refractivity contribution in [2.75, 3.05) is 13.1 Å². The summed E-state index contributed by atoms with van der Waals surface area (Å²) >= 11 is 0. The summed E-state index contributed by atoms with van der Waals surface area (Å²) in [6.07, 6.45) is 6.18. The van der Waals surface area contributed by atoms with E-state index in [2.05, 4.69) is 5.32 Å². The van der Waals surface area contributed by atoms with Crippen LogP contribution in [-0.2, 0) is 16.1 Å². The molecule has 1 aromatic carbocycles. The lowest BCUT2D eigenvalue weighted by molar-refractivity contribution is -0.133. The number of benzene rings is 1. The van der Waals surface area contributed by atoms with Crippen LogP contribution >= 0.6 is 0 Å². The molecule has 33 heavy (non-hydrogen) atoms. The summed E-state index contributed by atoms with van der Waals surface area (Å²) in [7, 11) is 0. The first kappa shape index (κ1) is 23.6. The van der Waals surface area contributed by atoms with Gasteiger partial charge in [-0.1, -0.05) is 12.1 Å². The molecule has 0 atom stereocenters. The second-order valence-electron chi connectivity index (χ2n) is 10.8. The average molecular weight is 456 g/mol. The first-order valence-corrected chi connectivity index (χ1v) is 12.3. The van der Waals surface area contributed by atoms with E-state index in [4.69, 9.17) is 4.74 Å². The maximum absolute atomic E-state index is 13.2. The molecule has 0 aromatic heterocycles. The maximum Gasteiger partial charge on any atom is 0.410 e. The summed E-state index contributed by atoms with van der Waals surface area (Å²) in [5, 5.41) is 3.01. The van der Waals surface area contributed by atoms with Crippen LogP contribution in [0.1, 0.15) is 81.6 Å². The zero-order valence-electron chi connectivity index (χ0n) is 20.1. The fourth-order valence-electron chi connectivity index (χ4n) is 4.27. The molecule has 0 radical (unpaired) electrons. The standard InChI is InChI=1S/C26H37N3O4/c1-26(2,3)33-25(32)28-14-12-18(13-15-28)16-23(30)29(22-10-11-22)17-19-4-6-20(7-5-19)24(31)27-21-8-9-21/h4-7,18,21-22H,8-17H2,1-3H3,(H,27,31). The summed E-state index contributed by atoms with van der Waals surface area (Å²) in [6, 6.07) is 8.31. The minimum atomic E-state index is -0.492. The third kappa shape index (κ3) is 6.95. The Bertz CT molecular complexity index is 861. The van der Waals surface area contributed by atoms with Crippen molar-refractivity contribution in [2.24, 2.45) is 5.92 Å². The maximum atomic E-state index is 13.2. The number of hydrogen-bond donors (Lipinski definition) is 1. The molecule has 1 N–H and O–H groups in total. The number of nitrogens with zero attached hydrogens (tertiary/aromatic N) is 2. The molecule has 3 amide bonds. The van der Waals surface area contributed by atoms with E-state index < -0.39 is 5.60 Å². The first-order valence-electron chi connectivity index (χ1n) is 12.3. The van der Waals surface area contributed by atoms with Crippen molar-refractivity contribution in [1.29, 1.82) is 0 Å². The highest BCUT2D eigenvalue weighted by atomic mass is 16.6. The molecule has 2 saturated carbocycles. The van der Waals surface area contributed by atoms with Crippen LogP contribution in [0.3, 0.4) is 0 Å².